The van der Waals surface area contributed by atoms with E-state index in [2.05, 4.69) is 17.2 Å². The quantitative estimate of drug-likeness (QED) is 0.880. The minimum absolute atomic E-state index is 0.169. The van der Waals surface area contributed by atoms with Gasteiger partial charge in [-0.15, -0.1) is 11.3 Å². The van der Waals surface area contributed by atoms with Gasteiger partial charge in [0.05, 0.1) is 15.8 Å². The van der Waals surface area contributed by atoms with Crippen molar-refractivity contribution in [2.24, 2.45) is 5.92 Å². The van der Waals surface area contributed by atoms with Gasteiger partial charge in [0.2, 0.25) is 0 Å². The summed E-state index contributed by atoms with van der Waals surface area (Å²) in [7, 11) is -3.41. The molecule has 2 aromatic rings. The van der Waals surface area contributed by atoms with Crippen molar-refractivity contribution in [1.82, 2.24) is 4.98 Å². The van der Waals surface area contributed by atoms with Gasteiger partial charge >= 0.3 is 0 Å². The second kappa shape index (κ2) is 6.88. The monoisotopic (exact) mass is 378 g/mol. The van der Waals surface area contributed by atoms with Crippen LogP contribution in [0.25, 0.3) is 0 Å². The van der Waals surface area contributed by atoms with E-state index in [0.29, 0.717) is 16.6 Å². The second-order valence-corrected chi connectivity index (χ2v) is 10.4. The van der Waals surface area contributed by atoms with Crippen LogP contribution in [0, 0.1) is 5.92 Å². The van der Waals surface area contributed by atoms with E-state index >= 15 is 0 Å². The molecule has 25 heavy (non-hydrogen) atoms. The van der Waals surface area contributed by atoms with Gasteiger partial charge in [-0.3, -0.25) is 10.1 Å². The van der Waals surface area contributed by atoms with Crippen LogP contribution in [0.15, 0.2) is 29.2 Å². The normalized spacial score (nSPS) is 17.4. The second-order valence-electron chi connectivity index (χ2n) is 6.81. The molecule has 3 rings (SSSR count). The molecule has 0 spiro atoms. The van der Waals surface area contributed by atoms with Gasteiger partial charge < -0.3 is 0 Å². The number of rotatable bonds is 4. The highest BCUT2D eigenvalue weighted by atomic mass is 32.2. The SMILES string of the molecule is CC1CCc2nc(NC(=O)c3cccc(S(=O)(=O)C(C)C)c3)sc2C1. The van der Waals surface area contributed by atoms with Crippen molar-refractivity contribution in [1.29, 1.82) is 0 Å². The third-order valence-corrected chi connectivity index (χ3v) is 7.64. The Labute approximate surface area is 152 Å². The van der Waals surface area contributed by atoms with Crippen LogP contribution in [0.1, 0.15) is 48.1 Å². The Hall–Kier alpha value is -1.73. The third-order valence-electron chi connectivity index (χ3n) is 4.45. The number of nitrogens with zero attached hydrogens (tertiary/aromatic N) is 1. The minimum atomic E-state index is -3.41. The molecule has 1 N–H and O–H groups in total. The number of sulfone groups is 1. The molecule has 5 nitrogen and oxygen atoms in total. The number of nitrogens with one attached hydrogen (secondary N) is 1. The van der Waals surface area contributed by atoms with Crippen molar-refractivity contribution >= 4 is 32.2 Å². The standard InChI is InChI=1S/C18H22N2O3S2/c1-11(2)25(22,23)14-6-4-5-13(10-14)17(21)20-18-19-15-8-7-12(3)9-16(15)24-18/h4-6,10-12H,7-9H2,1-3H3,(H,19,20,21). The molecule has 0 bridgehead atoms. The number of amides is 1. The van der Waals surface area contributed by atoms with Crippen molar-refractivity contribution in [2.45, 2.75) is 50.2 Å². The lowest BCUT2D eigenvalue weighted by Crippen LogP contribution is -2.16. The average Bonchev–Trinajstić information content (AvgIpc) is 2.96. The Morgan fingerprint density at radius 1 is 1.36 bits per heavy atom. The molecule has 0 fully saturated rings. The fraction of sp³-hybridized carbons (Fsp3) is 0.444. The van der Waals surface area contributed by atoms with Gasteiger partial charge in [0.15, 0.2) is 15.0 Å². The lowest BCUT2D eigenvalue weighted by atomic mass is 9.93. The van der Waals surface area contributed by atoms with Crippen LogP contribution in [0.4, 0.5) is 5.13 Å². The van der Waals surface area contributed by atoms with E-state index in [0.717, 1.165) is 25.0 Å². The van der Waals surface area contributed by atoms with E-state index in [1.165, 1.54) is 28.3 Å². The maximum absolute atomic E-state index is 12.5. The Morgan fingerprint density at radius 3 is 2.84 bits per heavy atom. The summed E-state index contributed by atoms with van der Waals surface area (Å²) < 4.78 is 24.6. The highest BCUT2D eigenvalue weighted by Crippen LogP contribution is 2.32. The fourth-order valence-electron chi connectivity index (χ4n) is 2.85. The molecule has 1 aliphatic rings. The van der Waals surface area contributed by atoms with Gasteiger partial charge in [0, 0.05) is 10.4 Å². The minimum Gasteiger partial charge on any atom is -0.298 e. The first-order chi connectivity index (χ1) is 11.8. The van der Waals surface area contributed by atoms with Gasteiger partial charge in [-0.2, -0.15) is 0 Å². The van der Waals surface area contributed by atoms with Crippen LogP contribution in [-0.4, -0.2) is 24.6 Å². The predicted molar refractivity (Wildman–Crippen MR) is 100 cm³/mol. The molecule has 1 atom stereocenters. The van der Waals surface area contributed by atoms with Crippen LogP contribution in [-0.2, 0) is 22.7 Å². The molecule has 1 unspecified atom stereocenters. The first-order valence-electron chi connectivity index (χ1n) is 8.41. The lowest BCUT2D eigenvalue weighted by Gasteiger charge is -2.15. The van der Waals surface area contributed by atoms with Gasteiger partial charge in [0.25, 0.3) is 5.91 Å². The van der Waals surface area contributed by atoms with E-state index in [-0.39, 0.29) is 10.8 Å². The number of benzene rings is 1. The summed E-state index contributed by atoms with van der Waals surface area (Å²) >= 11 is 1.52. The molecule has 7 heteroatoms. The molecule has 1 heterocycles. The molecule has 1 amide bonds. The molecule has 1 aromatic carbocycles. The fourth-order valence-corrected chi connectivity index (χ4v) is 5.12. The summed E-state index contributed by atoms with van der Waals surface area (Å²) in [6, 6.07) is 6.17. The van der Waals surface area contributed by atoms with Gasteiger partial charge in [0.1, 0.15) is 0 Å². The maximum Gasteiger partial charge on any atom is 0.257 e. The summed E-state index contributed by atoms with van der Waals surface area (Å²) in [6.45, 7) is 5.48. The highest BCUT2D eigenvalue weighted by Gasteiger charge is 2.22. The van der Waals surface area contributed by atoms with Crippen LogP contribution >= 0.6 is 11.3 Å². The van der Waals surface area contributed by atoms with Crippen LogP contribution in [0.2, 0.25) is 0 Å². The Kier molecular flexibility index (Phi) is 4.97. The van der Waals surface area contributed by atoms with Crippen LogP contribution < -0.4 is 5.32 Å². The van der Waals surface area contributed by atoms with Crippen molar-refractivity contribution < 1.29 is 13.2 Å². The van der Waals surface area contributed by atoms with E-state index in [4.69, 9.17) is 0 Å². The molecule has 0 saturated carbocycles. The molecule has 0 radical (unpaired) electrons. The number of thiazole rings is 1. The van der Waals surface area contributed by atoms with E-state index < -0.39 is 15.1 Å². The number of aryl methyl sites for hydroxylation is 1. The first kappa shape index (κ1) is 18.1. The van der Waals surface area contributed by atoms with Crippen molar-refractivity contribution in [3.8, 4) is 0 Å². The number of fused-ring (bicyclic) bond motifs is 1. The molecular weight excluding hydrogens is 356 g/mol. The lowest BCUT2D eigenvalue weighted by molar-refractivity contribution is 0.102. The number of hydrogen-bond donors (Lipinski definition) is 1. The molecule has 0 saturated heterocycles. The molecule has 1 aliphatic carbocycles. The highest BCUT2D eigenvalue weighted by molar-refractivity contribution is 7.92. The van der Waals surface area contributed by atoms with E-state index in [9.17, 15) is 13.2 Å². The number of anilines is 1. The van der Waals surface area contributed by atoms with Crippen LogP contribution in [0.5, 0.6) is 0 Å². The number of carbonyl (C=O) groups excluding carboxylic acids is 1. The largest absolute Gasteiger partial charge is 0.298 e. The summed E-state index contributed by atoms with van der Waals surface area (Å²) in [4.78, 5) is 18.4. The summed E-state index contributed by atoms with van der Waals surface area (Å²) in [6.07, 6.45) is 3.08. The van der Waals surface area contributed by atoms with Gasteiger partial charge in [-0.1, -0.05) is 13.0 Å². The van der Waals surface area contributed by atoms with Crippen molar-refractivity contribution in [3.63, 3.8) is 0 Å². The van der Waals surface area contributed by atoms with Gasteiger partial charge in [-0.05, 0) is 57.2 Å². The molecule has 0 aliphatic heterocycles. The zero-order valence-electron chi connectivity index (χ0n) is 14.6. The Bertz CT molecular complexity index is 901. The third kappa shape index (κ3) is 3.77. The van der Waals surface area contributed by atoms with E-state index in [1.54, 1.807) is 26.0 Å². The summed E-state index contributed by atoms with van der Waals surface area (Å²) in [5, 5.41) is 2.87. The van der Waals surface area contributed by atoms with Gasteiger partial charge in [-0.25, -0.2) is 13.4 Å². The predicted octanol–water partition coefficient (Wildman–Crippen LogP) is 3.70. The molecule has 1 aromatic heterocycles. The maximum atomic E-state index is 12.5. The zero-order chi connectivity index (χ0) is 18.2. The zero-order valence-corrected chi connectivity index (χ0v) is 16.2. The summed E-state index contributed by atoms with van der Waals surface area (Å²) in [5.74, 6) is 0.314. The number of carbonyl (C=O) groups is 1. The summed E-state index contributed by atoms with van der Waals surface area (Å²) in [5.41, 5.74) is 1.40. The molecule has 134 valence electrons. The smallest absolute Gasteiger partial charge is 0.257 e. The van der Waals surface area contributed by atoms with E-state index in [1.807, 2.05) is 0 Å². The average molecular weight is 379 g/mol. The number of hydrogen-bond acceptors (Lipinski definition) is 5. The van der Waals surface area contributed by atoms with Crippen molar-refractivity contribution in [3.05, 3.63) is 40.4 Å². The molecular formula is C18H22N2O3S2. The number of aromatic nitrogens is 1. The first-order valence-corrected chi connectivity index (χ1v) is 10.8. The van der Waals surface area contributed by atoms with Crippen LogP contribution in [0.3, 0.4) is 0 Å². The topological polar surface area (TPSA) is 76.1 Å². The Balaban J connectivity index is 1.81. The Morgan fingerprint density at radius 2 is 2.12 bits per heavy atom. The van der Waals surface area contributed by atoms with Crippen molar-refractivity contribution in [2.75, 3.05) is 5.32 Å².